The third kappa shape index (κ3) is 7.58. The Kier molecular flexibility index (Phi) is 8.87. The van der Waals surface area contributed by atoms with E-state index in [1.807, 2.05) is 16.7 Å². The van der Waals surface area contributed by atoms with E-state index in [-0.39, 0.29) is 6.01 Å². The Morgan fingerprint density at radius 2 is 1.59 bits per heavy atom. The van der Waals surface area contributed by atoms with Crippen LogP contribution in [0.25, 0.3) is 11.0 Å². The molecule has 0 spiro atoms. The minimum Gasteiger partial charge on any atom is -0.475 e. The molecule has 0 radical (unpaired) electrons. The van der Waals surface area contributed by atoms with Crippen LogP contribution in [0.3, 0.4) is 0 Å². The van der Waals surface area contributed by atoms with E-state index in [1.165, 1.54) is 31.5 Å². The second-order valence-corrected chi connectivity index (χ2v) is 9.32. The number of halogens is 4. The monoisotopic (exact) mass is 562 g/mol. The maximum atomic E-state index is 10.6. The van der Waals surface area contributed by atoms with Crippen molar-refractivity contribution in [3.8, 4) is 6.01 Å². The second-order valence-electron chi connectivity index (χ2n) is 8.93. The summed E-state index contributed by atoms with van der Waals surface area (Å²) in [6, 6.07) is 14.5. The molecule has 9 nitrogen and oxygen atoms in total. The number of benzene rings is 1. The number of ether oxygens (including phenoxy) is 1. The lowest BCUT2D eigenvalue weighted by Crippen LogP contribution is -2.21. The fourth-order valence-corrected chi connectivity index (χ4v) is 4.32. The molecule has 4 aromatic rings. The first-order chi connectivity index (χ1) is 18.6. The minimum absolute atomic E-state index is 0.226. The molecule has 0 bridgehead atoms. The van der Waals surface area contributed by atoms with Gasteiger partial charge in [-0.3, -0.25) is 9.88 Å². The molecule has 1 fully saturated rings. The van der Waals surface area contributed by atoms with E-state index >= 15 is 0 Å². The Bertz CT molecular complexity index is 1410. The number of hydrogen-bond acceptors (Lipinski definition) is 7. The Labute approximate surface area is 227 Å². The van der Waals surface area contributed by atoms with Crippen molar-refractivity contribution in [2.24, 2.45) is 0 Å². The number of nitrogens with zero attached hydrogens (tertiary/aromatic N) is 5. The summed E-state index contributed by atoms with van der Waals surface area (Å²) in [5, 5.41) is 8.41. The quantitative estimate of drug-likeness (QED) is 0.326. The molecule has 5 rings (SSSR count). The fourth-order valence-electron chi connectivity index (χ4n) is 4.07. The Hall–Kier alpha value is -3.90. The van der Waals surface area contributed by atoms with Crippen LogP contribution < -0.4 is 10.5 Å². The van der Waals surface area contributed by atoms with Gasteiger partial charge < -0.3 is 20.1 Å². The van der Waals surface area contributed by atoms with Crippen molar-refractivity contribution in [1.82, 2.24) is 24.4 Å². The van der Waals surface area contributed by atoms with Gasteiger partial charge in [0.2, 0.25) is 0 Å². The average Bonchev–Trinajstić information content (AvgIpc) is 3.52. The minimum atomic E-state index is -5.08. The summed E-state index contributed by atoms with van der Waals surface area (Å²) >= 11 is 6.54. The first kappa shape index (κ1) is 28.1. The number of likely N-dealkylation sites (tertiary alicyclic amines) is 1. The highest BCUT2D eigenvalue weighted by atomic mass is 35.5. The molecule has 0 amide bonds. The summed E-state index contributed by atoms with van der Waals surface area (Å²) in [6.07, 6.45) is 0.962. The predicted octanol–water partition coefficient (Wildman–Crippen LogP) is 4.92. The Morgan fingerprint density at radius 1 is 1.00 bits per heavy atom. The van der Waals surface area contributed by atoms with E-state index in [4.69, 9.17) is 32.0 Å². The van der Waals surface area contributed by atoms with Gasteiger partial charge in [-0.2, -0.15) is 23.1 Å². The number of fused-ring (bicyclic) bond motifs is 1. The molecule has 13 heteroatoms. The van der Waals surface area contributed by atoms with Gasteiger partial charge in [-0.15, -0.1) is 0 Å². The zero-order chi connectivity index (χ0) is 28.0. The van der Waals surface area contributed by atoms with Crippen LogP contribution in [0.1, 0.15) is 29.5 Å². The molecule has 1 aromatic carbocycles. The van der Waals surface area contributed by atoms with Gasteiger partial charge >= 0.3 is 18.2 Å². The molecule has 206 valence electrons. The van der Waals surface area contributed by atoms with Crippen LogP contribution in [0, 0.1) is 0 Å². The molecular formula is C26H26ClF3N6O3. The van der Waals surface area contributed by atoms with Crippen molar-refractivity contribution in [3.05, 3.63) is 76.7 Å². The second kappa shape index (κ2) is 12.3. The summed E-state index contributed by atoms with van der Waals surface area (Å²) in [6.45, 7) is 4.32. The number of pyridine rings is 1. The molecule has 0 atom stereocenters. The predicted molar refractivity (Wildman–Crippen MR) is 139 cm³/mol. The van der Waals surface area contributed by atoms with E-state index in [9.17, 15) is 13.2 Å². The van der Waals surface area contributed by atoms with Gasteiger partial charge in [0.25, 0.3) is 0 Å². The topological polar surface area (TPSA) is 119 Å². The normalized spacial score (nSPS) is 13.7. The van der Waals surface area contributed by atoms with Crippen LogP contribution in [-0.4, -0.2) is 54.8 Å². The standard InChI is InChI=1S/C24H25ClN6O.C2HF3O2/c25-21-13-20-22(26)28-24(32-16-19-7-9-27-10-8-19)29-23(20)31(21)15-18-5-3-17(4-6-18)14-30-11-1-2-12-30;3-2(4,5)1(6)7/h3-10,13H,1-2,11-12,14-16H2,(H2,26,28,29);(H,6,7). The highest BCUT2D eigenvalue weighted by Crippen LogP contribution is 2.29. The van der Waals surface area contributed by atoms with Gasteiger partial charge in [-0.05, 0) is 60.8 Å². The Morgan fingerprint density at radius 3 is 2.18 bits per heavy atom. The summed E-state index contributed by atoms with van der Waals surface area (Å²) in [7, 11) is 0. The van der Waals surface area contributed by atoms with Crippen LogP contribution >= 0.6 is 11.6 Å². The summed E-state index contributed by atoms with van der Waals surface area (Å²) in [4.78, 5) is 24.3. The molecule has 1 saturated heterocycles. The lowest BCUT2D eigenvalue weighted by Gasteiger charge is -2.15. The van der Waals surface area contributed by atoms with Crippen LogP contribution in [0.2, 0.25) is 5.15 Å². The summed E-state index contributed by atoms with van der Waals surface area (Å²) in [5.74, 6) is -2.41. The van der Waals surface area contributed by atoms with Crippen LogP contribution in [0.4, 0.5) is 19.0 Å². The average molecular weight is 563 g/mol. The fraction of sp³-hybridized carbons (Fsp3) is 0.308. The first-order valence-electron chi connectivity index (χ1n) is 12.0. The maximum Gasteiger partial charge on any atom is 0.490 e. The van der Waals surface area contributed by atoms with Gasteiger partial charge in [-0.25, -0.2) is 4.79 Å². The van der Waals surface area contributed by atoms with Crippen LogP contribution in [-0.2, 0) is 24.5 Å². The van der Waals surface area contributed by atoms with Gasteiger partial charge in [-0.1, -0.05) is 35.9 Å². The largest absolute Gasteiger partial charge is 0.490 e. The summed E-state index contributed by atoms with van der Waals surface area (Å²) < 4.78 is 39.5. The molecule has 3 N–H and O–H groups in total. The van der Waals surface area contributed by atoms with Gasteiger partial charge in [0.1, 0.15) is 17.6 Å². The van der Waals surface area contributed by atoms with Crippen molar-refractivity contribution in [1.29, 1.82) is 0 Å². The van der Waals surface area contributed by atoms with E-state index < -0.39 is 12.1 Å². The Balaban J connectivity index is 0.000000448. The number of carboxylic acids is 1. The third-order valence-corrected chi connectivity index (χ3v) is 6.35. The lowest BCUT2D eigenvalue weighted by atomic mass is 10.1. The highest BCUT2D eigenvalue weighted by Gasteiger charge is 2.38. The molecule has 4 heterocycles. The highest BCUT2D eigenvalue weighted by molar-refractivity contribution is 6.31. The van der Waals surface area contributed by atoms with Crippen LogP contribution in [0.5, 0.6) is 6.01 Å². The number of rotatable bonds is 7. The molecular weight excluding hydrogens is 537 g/mol. The number of carbonyl (C=O) groups is 1. The number of nitrogen functional groups attached to an aromatic ring is 1. The first-order valence-corrected chi connectivity index (χ1v) is 12.4. The van der Waals surface area contributed by atoms with E-state index in [1.54, 1.807) is 18.5 Å². The van der Waals surface area contributed by atoms with Gasteiger partial charge in [0.15, 0.2) is 5.65 Å². The van der Waals surface area contributed by atoms with Crippen molar-refractivity contribution in [3.63, 3.8) is 0 Å². The number of hydrogen-bond donors (Lipinski definition) is 2. The molecule has 0 unspecified atom stereocenters. The van der Waals surface area contributed by atoms with E-state index in [0.717, 1.165) is 23.1 Å². The molecule has 3 aromatic heterocycles. The number of carboxylic acid groups (broad SMARTS) is 1. The molecule has 39 heavy (non-hydrogen) atoms. The molecule has 0 saturated carbocycles. The number of anilines is 1. The smallest absolute Gasteiger partial charge is 0.475 e. The van der Waals surface area contributed by atoms with Crippen molar-refractivity contribution < 1.29 is 27.8 Å². The van der Waals surface area contributed by atoms with Gasteiger partial charge in [0, 0.05) is 18.9 Å². The molecule has 1 aliphatic rings. The molecule has 0 aliphatic carbocycles. The zero-order valence-corrected chi connectivity index (χ0v) is 21.5. The summed E-state index contributed by atoms with van der Waals surface area (Å²) in [5.41, 5.74) is 10.3. The lowest BCUT2D eigenvalue weighted by molar-refractivity contribution is -0.192. The van der Waals surface area contributed by atoms with Crippen molar-refractivity contribution in [2.75, 3.05) is 18.8 Å². The third-order valence-electron chi connectivity index (χ3n) is 6.04. The number of alkyl halides is 3. The molecule has 1 aliphatic heterocycles. The van der Waals surface area contributed by atoms with Crippen molar-refractivity contribution >= 4 is 34.4 Å². The number of nitrogens with two attached hydrogens (primary N) is 1. The number of aliphatic carboxylic acids is 1. The SMILES string of the molecule is Nc1nc(OCc2ccncc2)nc2c1cc(Cl)n2Cc1ccc(CN2CCCC2)cc1.O=C(O)C(F)(F)F. The van der Waals surface area contributed by atoms with E-state index in [0.29, 0.717) is 29.8 Å². The van der Waals surface area contributed by atoms with Crippen LogP contribution in [0.15, 0.2) is 54.9 Å². The van der Waals surface area contributed by atoms with E-state index in [2.05, 4.69) is 44.1 Å². The van der Waals surface area contributed by atoms with Gasteiger partial charge in [0.05, 0.1) is 11.9 Å². The zero-order valence-electron chi connectivity index (χ0n) is 20.7. The van der Waals surface area contributed by atoms with Crippen molar-refractivity contribution in [2.45, 2.75) is 38.7 Å². The maximum absolute atomic E-state index is 10.6. The number of aromatic nitrogens is 4.